The summed E-state index contributed by atoms with van der Waals surface area (Å²) in [6.45, 7) is 1.99. The summed E-state index contributed by atoms with van der Waals surface area (Å²) in [7, 11) is -1.03. The number of thioether (sulfide) groups is 1. The summed E-state index contributed by atoms with van der Waals surface area (Å²) in [4.78, 5) is 12.3. The SMILES string of the molecule is Cc1ccc(C(=O)CSc2nnc(C[C@@H]3CCS(=O)(=O)C3)n2C)cc1. The standard InChI is InChI=1S/C17H21N3O3S2/c1-12-3-5-14(6-4-12)15(21)10-24-17-19-18-16(20(17)2)9-13-7-8-25(22,23)11-13/h3-6,13H,7-11H2,1-2H3/t13-/m0/s1. The molecule has 0 amide bonds. The first-order chi connectivity index (χ1) is 11.8. The van der Waals surface area contributed by atoms with Crippen molar-refractivity contribution >= 4 is 27.4 Å². The van der Waals surface area contributed by atoms with Crippen LogP contribution in [0.5, 0.6) is 0 Å². The molecule has 0 bridgehead atoms. The van der Waals surface area contributed by atoms with E-state index >= 15 is 0 Å². The molecule has 1 atom stereocenters. The highest BCUT2D eigenvalue weighted by Gasteiger charge is 2.29. The molecule has 25 heavy (non-hydrogen) atoms. The van der Waals surface area contributed by atoms with E-state index in [1.165, 1.54) is 11.8 Å². The van der Waals surface area contributed by atoms with Gasteiger partial charge >= 0.3 is 0 Å². The highest BCUT2D eigenvalue weighted by molar-refractivity contribution is 7.99. The van der Waals surface area contributed by atoms with E-state index in [0.29, 0.717) is 29.3 Å². The third-order valence-electron chi connectivity index (χ3n) is 4.43. The second kappa shape index (κ2) is 7.29. The molecule has 0 radical (unpaired) electrons. The van der Waals surface area contributed by atoms with Crippen molar-refractivity contribution in [2.45, 2.75) is 24.9 Å². The first kappa shape index (κ1) is 18.1. The number of carbonyl (C=O) groups is 1. The summed E-state index contributed by atoms with van der Waals surface area (Å²) in [5.41, 5.74) is 1.81. The molecular weight excluding hydrogens is 358 g/mol. The van der Waals surface area contributed by atoms with E-state index in [1.54, 1.807) is 0 Å². The molecule has 8 heteroatoms. The number of carbonyl (C=O) groups excluding carboxylic acids is 1. The number of Topliss-reactive ketones (excluding diaryl/α,β-unsaturated/α-hetero) is 1. The molecule has 1 aliphatic rings. The Kier molecular flexibility index (Phi) is 5.29. The molecule has 0 N–H and O–H groups in total. The van der Waals surface area contributed by atoms with Crippen LogP contribution in [0.2, 0.25) is 0 Å². The van der Waals surface area contributed by atoms with Gasteiger partial charge in [0.05, 0.1) is 17.3 Å². The lowest BCUT2D eigenvalue weighted by Crippen LogP contribution is -2.11. The quantitative estimate of drug-likeness (QED) is 0.564. The monoisotopic (exact) mass is 379 g/mol. The van der Waals surface area contributed by atoms with Gasteiger partial charge in [-0.2, -0.15) is 0 Å². The molecule has 0 spiro atoms. The van der Waals surface area contributed by atoms with E-state index < -0.39 is 9.84 Å². The van der Waals surface area contributed by atoms with Crippen molar-refractivity contribution in [3.63, 3.8) is 0 Å². The average molecular weight is 380 g/mol. The van der Waals surface area contributed by atoms with Gasteiger partial charge < -0.3 is 4.57 Å². The van der Waals surface area contributed by atoms with Crippen LogP contribution in [0, 0.1) is 12.8 Å². The predicted octanol–water partition coefficient (Wildman–Crippen LogP) is 2.08. The van der Waals surface area contributed by atoms with Crippen LogP contribution in [-0.4, -0.2) is 46.2 Å². The number of nitrogens with zero attached hydrogens (tertiary/aromatic N) is 3. The van der Waals surface area contributed by atoms with E-state index in [4.69, 9.17) is 0 Å². The fraction of sp³-hybridized carbons (Fsp3) is 0.471. The van der Waals surface area contributed by atoms with Gasteiger partial charge in [-0.05, 0) is 19.3 Å². The van der Waals surface area contributed by atoms with Gasteiger partial charge in [0, 0.05) is 19.0 Å². The Morgan fingerprint density at radius 2 is 2.00 bits per heavy atom. The third kappa shape index (κ3) is 4.49. The van der Waals surface area contributed by atoms with Gasteiger partial charge in [0.2, 0.25) is 0 Å². The number of hydrogen-bond acceptors (Lipinski definition) is 6. The van der Waals surface area contributed by atoms with Crippen LogP contribution in [-0.2, 0) is 23.3 Å². The second-order valence-electron chi connectivity index (χ2n) is 6.51. The van der Waals surface area contributed by atoms with E-state index in [2.05, 4.69) is 10.2 Å². The molecule has 0 unspecified atom stereocenters. The van der Waals surface area contributed by atoms with Crippen LogP contribution in [0.25, 0.3) is 0 Å². The first-order valence-electron chi connectivity index (χ1n) is 8.15. The highest BCUT2D eigenvalue weighted by atomic mass is 32.2. The summed E-state index contributed by atoms with van der Waals surface area (Å²) in [6, 6.07) is 7.52. The van der Waals surface area contributed by atoms with E-state index in [9.17, 15) is 13.2 Å². The van der Waals surface area contributed by atoms with Crippen molar-refractivity contribution in [1.29, 1.82) is 0 Å². The van der Waals surface area contributed by atoms with Gasteiger partial charge in [-0.15, -0.1) is 10.2 Å². The zero-order valence-corrected chi connectivity index (χ0v) is 15.9. The van der Waals surface area contributed by atoms with Crippen LogP contribution in [0.4, 0.5) is 0 Å². The van der Waals surface area contributed by atoms with Gasteiger partial charge in [0.15, 0.2) is 20.8 Å². The molecule has 134 valence electrons. The zero-order valence-electron chi connectivity index (χ0n) is 14.3. The average Bonchev–Trinajstić information content (AvgIpc) is 3.09. The van der Waals surface area contributed by atoms with Crippen molar-refractivity contribution in [1.82, 2.24) is 14.8 Å². The molecule has 6 nitrogen and oxygen atoms in total. The van der Waals surface area contributed by atoms with Crippen LogP contribution in [0.15, 0.2) is 29.4 Å². The number of aryl methyl sites for hydroxylation is 1. The lowest BCUT2D eigenvalue weighted by atomic mass is 10.1. The largest absolute Gasteiger partial charge is 0.309 e. The Morgan fingerprint density at radius 1 is 1.28 bits per heavy atom. The number of rotatable bonds is 6. The number of hydrogen-bond donors (Lipinski definition) is 0. The maximum Gasteiger partial charge on any atom is 0.191 e. The van der Waals surface area contributed by atoms with Crippen LogP contribution < -0.4 is 0 Å². The molecule has 1 saturated heterocycles. The van der Waals surface area contributed by atoms with Crippen LogP contribution >= 0.6 is 11.8 Å². The number of benzene rings is 1. The number of sulfone groups is 1. The summed E-state index contributed by atoms with van der Waals surface area (Å²) < 4.78 is 25.0. The van der Waals surface area contributed by atoms with Crippen LogP contribution in [0.1, 0.15) is 28.2 Å². The minimum Gasteiger partial charge on any atom is -0.309 e. The third-order valence-corrected chi connectivity index (χ3v) is 7.29. The van der Waals surface area contributed by atoms with Crippen molar-refractivity contribution in [2.75, 3.05) is 17.3 Å². The fourth-order valence-electron chi connectivity index (χ4n) is 2.89. The van der Waals surface area contributed by atoms with Gasteiger partial charge in [0.25, 0.3) is 0 Å². The van der Waals surface area contributed by atoms with Crippen molar-refractivity contribution < 1.29 is 13.2 Å². The molecule has 3 rings (SSSR count). The van der Waals surface area contributed by atoms with Gasteiger partial charge in [-0.3, -0.25) is 4.79 Å². The Hall–Kier alpha value is -1.67. The Labute approximate surface area is 152 Å². The summed E-state index contributed by atoms with van der Waals surface area (Å²) in [6.07, 6.45) is 1.29. The van der Waals surface area contributed by atoms with E-state index in [-0.39, 0.29) is 23.2 Å². The van der Waals surface area contributed by atoms with E-state index in [0.717, 1.165) is 11.4 Å². The number of ketones is 1. The topological polar surface area (TPSA) is 81.9 Å². The molecule has 2 heterocycles. The first-order valence-corrected chi connectivity index (χ1v) is 11.0. The molecule has 1 fully saturated rings. The van der Waals surface area contributed by atoms with Crippen LogP contribution in [0.3, 0.4) is 0 Å². The Bertz CT molecular complexity index is 873. The summed E-state index contributed by atoms with van der Waals surface area (Å²) >= 11 is 1.35. The lowest BCUT2D eigenvalue weighted by Gasteiger charge is -2.07. The Morgan fingerprint density at radius 3 is 2.64 bits per heavy atom. The number of aromatic nitrogens is 3. The maximum atomic E-state index is 12.3. The second-order valence-corrected chi connectivity index (χ2v) is 9.68. The molecule has 1 aromatic heterocycles. The fourth-order valence-corrected chi connectivity index (χ4v) is 5.58. The highest BCUT2D eigenvalue weighted by Crippen LogP contribution is 2.24. The molecule has 1 aromatic carbocycles. The molecular formula is C17H21N3O3S2. The van der Waals surface area contributed by atoms with Crippen molar-refractivity contribution in [3.05, 3.63) is 41.2 Å². The normalized spacial score (nSPS) is 19.2. The summed E-state index contributed by atoms with van der Waals surface area (Å²) in [5, 5.41) is 9.00. The Balaban J connectivity index is 1.59. The molecule has 2 aromatic rings. The van der Waals surface area contributed by atoms with E-state index in [1.807, 2.05) is 42.8 Å². The van der Waals surface area contributed by atoms with Crippen molar-refractivity contribution in [3.8, 4) is 0 Å². The minimum atomic E-state index is -2.88. The molecule has 0 saturated carbocycles. The zero-order chi connectivity index (χ0) is 18.0. The molecule has 0 aliphatic carbocycles. The van der Waals surface area contributed by atoms with Gasteiger partial charge in [-0.25, -0.2) is 8.42 Å². The van der Waals surface area contributed by atoms with Gasteiger partial charge in [0.1, 0.15) is 5.82 Å². The predicted molar refractivity (Wildman–Crippen MR) is 97.7 cm³/mol. The van der Waals surface area contributed by atoms with Crippen molar-refractivity contribution in [2.24, 2.45) is 13.0 Å². The smallest absolute Gasteiger partial charge is 0.191 e. The maximum absolute atomic E-state index is 12.3. The minimum absolute atomic E-state index is 0.0523. The van der Waals surface area contributed by atoms with Gasteiger partial charge in [-0.1, -0.05) is 41.6 Å². The molecule has 1 aliphatic heterocycles. The lowest BCUT2D eigenvalue weighted by molar-refractivity contribution is 0.102. The summed E-state index contributed by atoms with van der Waals surface area (Å²) in [5.74, 6) is 1.73.